The summed E-state index contributed by atoms with van der Waals surface area (Å²) in [5.41, 5.74) is -1.37. The van der Waals surface area contributed by atoms with Gasteiger partial charge in [-0.05, 0) is 47.5 Å². The van der Waals surface area contributed by atoms with Crippen molar-refractivity contribution in [1.29, 1.82) is 0 Å². The third kappa shape index (κ3) is 5.10. The highest BCUT2D eigenvalue weighted by atomic mass is 16.6. The Morgan fingerprint density at radius 2 is 1.62 bits per heavy atom. The summed E-state index contributed by atoms with van der Waals surface area (Å²) in [5.74, 6) is -1.33. The van der Waals surface area contributed by atoms with E-state index in [1.807, 2.05) is 27.7 Å². The van der Waals surface area contributed by atoms with Gasteiger partial charge in [0.05, 0.1) is 0 Å². The second-order valence-electron chi connectivity index (χ2n) is 6.96. The molecule has 4 heteroatoms. The smallest absolute Gasteiger partial charge is 0.316 e. The van der Waals surface area contributed by atoms with Gasteiger partial charge in [-0.3, -0.25) is 9.59 Å². The van der Waals surface area contributed by atoms with Crippen LogP contribution in [0.4, 0.5) is 0 Å². The van der Waals surface area contributed by atoms with Gasteiger partial charge in [0.2, 0.25) is 0 Å². The third-order valence-corrected chi connectivity index (χ3v) is 3.93. The molecule has 0 spiro atoms. The molecule has 0 aliphatic heterocycles. The highest BCUT2D eigenvalue weighted by molar-refractivity contribution is 6.03. The van der Waals surface area contributed by atoms with Crippen LogP contribution in [0.15, 0.2) is 0 Å². The molecule has 0 heterocycles. The van der Waals surface area contributed by atoms with Crippen LogP contribution in [0.25, 0.3) is 0 Å². The quantitative estimate of drug-likeness (QED) is 0.441. The van der Waals surface area contributed by atoms with E-state index in [4.69, 9.17) is 9.47 Å². The Balaban J connectivity index is 2.86. The second kappa shape index (κ2) is 7.39. The molecule has 21 heavy (non-hydrogen) atoms. The van der Waals surface area contributed by atoms with Crippen molar-refractivity contribution >= 4 is 11.8 Å². The van der Waals surface area contributed by atoms with E-state index in [1.54, 1.807) is 6.92 Å². The molecule has 1 aliphatic rings. The van der Waals surface area contributed by atoms with E-state index < -0.39 is 23.1 Å². The van der Waals surface area contributed by atoms with Crippen LogP contribution in [0.5, 0.6) is 0 Å². The van der Waals surface area contributed by atoms with E-state index in [0.717, 1.165) is 25.7 Å². The van der Waals surface area contributed by atoms with Crippen molar-refractivity contribution in [2.24, 2.45) is 5.92 Å². The lowest BCUT2D eigenvalue weighted by Crippen LogP contribution is -2.47. The van der Waals surface area contributed by atoms with E-state index in [0.29, 0.717) is 19.4 Å². The van der Waals surface area contributed by atoms with Gasteiger partial charge in [-0.2, -0.15) is 0 Å². The van der Waals surface area contributed by atoms with Gasteiger partial charge in [0.25, 0.3) is 0 Å². The molecule has 1 fully saturated rings. The molecule has 0 saturated heterocycles. The summed E-state index contributed by atoms with van der Waals surface area (Å²) >= 11 is 0. The van der Waals surface area contributed by atoms with E-state index in [2.05, 4.69) is 0 Å². The summed E-state index contributed by atoms with van der Waals surface area (Å²) in [5, 5.41) is 0. The fourth-order valence-electron chi connectivity index (χ4n) is 2.93. The molecule has 0 bridgehead atoms. The first kappa shape index (κ1) is 18.1. The third-order valence-electron chi connectivity index (χ3n) is 3.93. The Bertz CT molecular complexity index is 359. The van der Waals surface area contributed by atoms with Gasteiger partial charge < -0.3 is 9.47 Å². The molecule has 0 aromatic heterocycles. The molecule has 122 valence electrons. The molecule has 4 nitrogen and oxygen atoms in total. The number of hydrogen-bond acceptors (Lipinski definition) is 4. The van der Waals surface area contributed by atoms with Gasteiger partial charge in [-0.1, -0.05) is 25.7 Å². The Kier molecular flexibility index (Phi) is 6.39. The van der Waals surface area contributed by atoms with Gasteiger partial charge in [-0.25, -0.2) is 0 Å². The molecule has 1 atom stereocenters. The van der Waals surface area contributed by atoms with Crippen molar-refractivity contribution in [3.8, 4) is 0 Å². The number of esters is 1. The average Bonchev–Trinajstić information content (AvgIpc) is 2.62. The predicted molar refractivity (Wildman–Crippen MR) is 82.1 cm³/mol. The molecule has 0 aromatic carbocycles. The molecule has 1 unspecified atom stereocenters. The second-order valence-corrected chi connectivity index (χ2v) is 6.96. The van der Waals surface area contributed by atoms with Crippen molar-refractivity contribution in [3.63, 3.8) is 0 Å². The average molecular weight is 298 g/mol. The predicted octanol–water partition coefficient (Wildman–Crippen LogP) is 3.66. The summed E-state index contributed by atoms with van der Waals surface area (Å²) in [7, 11) is 0. The number of ketones is 1. The molecular formula is C17H30O4. The SMILES string of the molecule is CCOC1(C(=O)C(C)C(=O)OC(C)(C)C)CCCCCC1. The van der Waals surface area contributed by atoms with Gasteiger partial charge in [0.15, 0.2) is 5.78 Å². The first-order valence-electron chi connectivity index (χ1n) is 8.13. The van der Waals surface area contributed by atoms with Gasteiger partial charge in [0, 0.05) is 6.61 Å². The van der Waals surface area contributed by atoms with Crippen molar-refractivity contribution in [2.75, 3.05) is 6.61 Å². The zero-order valence-corrected chi connectivity index (χ0v) is 14.2. The molecule has 1 aliphatic carbocycles. The lowest BCUT2D eigenvalue weighted by Gasteiger charge is -2.33. The molecule has 0 radical (unpaired) electrons. The number of ether oxygens (including phenoxy) is 2. The number of rotatable bonds is 5. The number of carbonyl (C=O) groups excluding carboxylic acids is 2. The molecular weight excluding hydrogens is 268 g/mol. The Morgan fingerprint density at radius 3 is 2.05 bits per heavy atom. The van der Waals surface area contributed by atoms with Crippen LogP contribution in [0.1, 0.15) is 73.1 Å². The molecule has 0 aromatic rings. The minimum absolute atomic E-state index is 0.111. The van der Waals surface area contributed by atoms with E-state index in [-0.39, 0.29) is 5.78 Å². The fourth-order valence-corrected chi connectivity index (χ4v) is 2.93. The largest absolute Gasteiger partial charge is 0.459 e. The van der Waals surface area contributed by atoms with E-state index in [9.17, 15) is 9.59 Å². The summed E-state index contributed by atoms with van der Waals surface area (Å²) in [6, 6.07) is 0. The summed E-state index contributed by atoms with van der Waals surface area (Å²) in [4.78, 5) is 25.0. The zero-order chi connectivity index (χ0) is 16.1. The fraction of sp³-hybridized carbons (Fsp3) is 0.882. The molecule has 1 saturated carbocycles. The number of carbonyl (C=O) groups is 2. The normalized spacial score (nSPS) is 20.4. The lowest BCUT2D eigenvalue weighted by molar-refractivity contribution is -0.168. The maximum absolute atomic E-state index is 12.9. The highest BCUT2D eigenvalue weighted by Gasteiger charge is 2.44. The summed E-state index contributed by atoms with van der Waals surface area (Å²) < 4.78 is 11.2. The minimum Gasteiger partial charge on any atom is -0.459 e. The van der Waals surface area contributed by atoms with Gasteiger partial charge in [-0.15, -0.1) is 0 Å². The molecule has 0 N–H and O–H groups in total. The van der Waals surface area contributed by atoms with Crippen LogP contribution in [-0.4, -0.2) is 29.6 Å². The standard InChI is InChI=1S/C17H30O4/c1-6-20-17(11-9-7-8-10-12-17)14(18)13(2)15(19)21-16(3,4)5/h13H,6-12H2,1-5H3. The van der Waals surface area contributed by atoms with Crippen molar-refractivity contribution in [2.45, 2.75) is 84.3 Å². The van der Waals surface area contributed by atoms with Crippen LogP contribution >= 0.6 is 0 Å². The first-order valence-corrected chi connectivity index (χ1v) is 8.13. The minimum atomic E-state index is -0.790. The Morgan fingerprint density at radius 1 is 1.10 bits per heavy atom. The molecule has 0 amide bonds. The highest BCUT2D eigenvalue weighted by Crippen LogP contribution is 2.34. The van der Waals surface area contributed by atoms with Crippen LogP contribution in [0, 0.1) is 5.92 Å². The van der Waals surface area contributed by atoms with Crippen molar-refractivity contribution in [1.82, 2.24) is 0 Å². The zero-order valence-electron chi connectivity index (χ0n) is 14.2. The van der Waals surface area contributed by atoms with Gasteiger partial charge in [0.1, 0.15) is 17.1 Å². The van der Waals surface area contributed by atoms with Crippen molar-refractivity contribution < 1.29 is 19.1 Å². The topological polar surface area (TPSA) is 52.6 Å². The van der Waals surface area contributed by atoms with Crippen LogP contribution in [-0.2, 0) is 19.1 Å². The van der Waals surface area contributed by atoms with Crippen LogP contribution in [0.3, 0.4) is 0 Å². The first-order chi connectivity index (χ1) is 9.72. The monoisotopic (exact) mass is 298 g/mol. The van der Waals surface area contributed by atoms with Crippen LogP contribution < -0.4 is 0 Å². The Hall–Kier alpha value is -0.900. The molecule has 1 rings (SSSR count). The summed E-state index contributed by atoms with van der Waals surface area (Å²) in [6.07, 6.45) is 5.64. The number of Topliss-reactive ketones (excluding diaryl/α,β-unsaturated/α-hetero) is 1. The maximum atomic E-state index is 12.9. The number of hydrogen-bond donors (Lipinski definition) is 0. The van der Waals surface area contributed by atoms with Crippen molar-refractivity contribution in [3.05, 3.63) is 0 Å². The Labute approximate surface area is 128 Å². The lowest BCUT2D eigenvalue weighted by atomic mass is 9.83. The van der Waals surface area contributed by atoms with Crippen LogP contribution in [0.2, 0.25) is 0 Å². The van der Waals surface area contributed by atoms with E-state index >= 15 is 0 Å². The summed E-state index contributed by atoms with van der Waals surface area (Å²) in [6.45, 7) is 9.47. The maximum Gasteiger partial charge on any atom is 0.316 e. The van der Waals surface area contributed by atoms with E-state index in [1.165, 1.54) is 0 Å². The van der Waals surface area contributed by atoms with Gasteiger partial charge >= 0.3 is 5.97 Å².